The van der Waals surface area contributed by atoms with E-state index in [9.17, 15) is 23.1 Å². The molecule has 4 aliphatic carbocycles. The van der Waals surface area contributed by atoms with Crippen molar-refractivity contribution in [3.63, 3.8) is 0 Å². The highest BCUT2D eigenvalue weighted by Crippen LogP contribution is 2.65. The standard InChI is InChI=1S/C30H37F3O3/c1-3-22(36-27(34)19-7-5-4-6-8-19)17-21-10-12-26-25-11-9-20-18-29(35,30(31,32)33)16-14-23(20)24(25)13-15-28(21,26)2/h1,4-8,20-26,35H,9-18H2,2H3/t20-,21-,22-,23+,24-,25-,26+,28-,29-/m1/s1. The van der Waals surface area contributed by atoms with Gasteiger partial charge in [-0.15, -0.1) is 6.42 Å². The minimum absolute atomic E-state index is 0.0311. The highest BCUT2D eigenvalue weighted by molar-refractivity contribution is 5.89. The quantitative estimate of drug-likeness (QED) is 0.364. The van der Waals surface area contributed by atoms with E-state index >= 15 is 0 Å². The fourth-order valence-corrected chi connectivity index (χ4v) is 8.81. The van der Waals surface area contributed by atoms with E-state index in [4.69, 9.17) is 11.2 Å². The molecular weight excluding hydrogens is 465 g/mol. The lowest BCUT2D eigenvalue weighted by Crippen LogP contribution is -2.55. The smallest absolute Gasteiger partial charge is 0.417 e. The van der Waals surface area contributed by atoms with Gasteiger partial charge in [-0.3, -0.25) is 0 Å². The number of halogens is 3. The number of carbonyl (C=O) groups excluding carboxylic acids is 1. The maximum absolute atomic E-state index is 13.5. The van der Waals surface area contributed by atoms with Gasteiger partial charge in [0.05, 0.1) is 5.56 Å². The maximum atomic E-state index is 13.5. The maximum Gasteiger partial charge on any atom is 0.417 e. The lowest BCUT2D eigenvalue weighted by atomic mass is 9.49. The third-order valence-corrected chi connectivity index (χ3v) is 10.7. The number of benzene rings is 1. The van der Waals surface area contributed by atoms with E-state index in [-0.39, 0.29) is 24.2 Å². The first-order chi connectivity index (χ1) is 17.1. The molecule has 1 aromatic carbocycles. The van der Waals surface area contributed by atoms with Crippen molar-refractivity contribution in [2.24, 2.45) is 40.9 Å². The van der Waals surface area contributed by atoms with Crippen LogP contribution in [0.3, 0.4) is 0 Å². The van der Waals surface area contributed by atoms with Crippen LogP contribution < -0.4 is 0 Å². The van der Waals surface area contributed by atoms with E-state index < -0.39 is 23.9 Å². The molecule has 4 aliphatic rings. The zero-order valence-corrected chi connectivity index (χ0v) is 21.0. The van der Waals surface area contributed by atoms with E-state index in [1.165, 1.54) is 0 Å². The van der Waals surface area contributed by atoms with Gasteiger partial charge in [0.2, 0.25) is 0 Å². The Morgan fingerprint density at radius 3 is 2.50 bits per heavy atom. The summed E-state index contributed by atoms with van der Waals surface area (Å²) < 4.78 is 46.2. The van der Waals surface area contributed by atoms with Crippen LogP contribution in [0.15, 0.2) is 30.3 Å². The van der Waals surface area contributed by atoms with Crippen LogP contribution >= 0.6 is 0 Å². The third-order valence-electron chi connectivity index (χ3n) is 10.7. The van der Waals surface area contributed by atoms with Crippen molar-refractivity contribution in [3.05, 3.63) is 35.9 Å². The monoisotopic (exact) mass is 502 g/mol. The van der Waals surface area contributed by atoms with Crippen molar-refractivity contribution in [2.45, 2.75) is 89.0 Å². The molecule has 0 aliphatic heterocycles. The minimum Gasteiger partial charge on any atom is -0.446 e. The van der Waals surface area contributed by atoms with Gasteiger partial charge >= 0.3 is 12.1 Å². The Labute approximate surface area is 212 Å². The predicted octanol–water partition coefficient (Wildman–Crippen LogP) is 6.80. The number of rotatable bonds is 4. The number of ether oxygens (including phenoxy) is 1. The molecule has 5 rings (SSSR count). The van der Waals surface area contributed by atoms with Crippen molar-refractivity contribution >= 4 is 5.97 Å². The lowest BCUT2D eigenvalue weighted by molar-refractivity contribution is -0.282. The van der Waals surface area contributed by atoms with Crippen LogP contribution in [-0.2, 0) is 4.74 Å². The molecule has 0 heterocycles. The summed E-state index contributed by atoms with van der Waals surface area (Å²) in [5, 5.41) is 10.3. The van der Waals surface area contributed by atoms with Gasteiger partial charge in [0.25, 0.3) is 0 Å². The number of hydrogen-bond donors (Lipinski definition) is 1. The molecule has 1 aromatic rings. The fourth-order valence-electron chi connectivity index (χ4n) is 8.81. The molecule has 0 bridgehead atoms. The highest BCUT2D eigenvalue weighted by atomic mass is 19.4. The molecule has 0 aromatic heterocycles. The Hall–Kier alpha value is -2.00. The topological polar surface area (TPSA) is 46.5 Å². The molecule has 0 unspecified atom stereocenters. The number of carbonyl (C=O) groups is 1. The molecule has 0 spiro atoms. The number of fused-ring (bicyclic) bond motifs is 5. The van der Waals surface area contributed by atoms with E-state index in [2.05, 4.69) is 12.8 Å². The van der Waals surface area contributed by atoms with Crippen molar-refractivity contribution in [1.82, 2.24) is 0 Å². The lowest BCUT2D eigenvalue weighted by Gasteiger charge is -2.57. The second-order valence-electron chi connectivity index (χ2n) is 12.2. The van der Waals surface area contributed by atoms with Crippen molar-refractivity contribution < 1.29 is 27.8 Å². The van der Waals surface area contributed by atoms with Crippen LogP contribution in [0.1, 0.15) is 81.5 Å². The summed E-state index contributed by atoms with van der Waals surface area (Å²) in [4.78, 5) is 12.6. The molecule has 4 fully saturated rings. The normalized spacial score (nSPS) is 40.8. The van der Waals surface area contributed by atoms with Gasteiger partial charge in [-0.05, 0) is 117 Å². The van der Waals surface area contributed by atoms with Crippen LogP contribution in [-0.4, -0.2) is 29.0 Å². The first-order valence-electron chi connectivity index (χ1n) is 13.6. The summed E-state index contributed by atoms with van der Waals surface area (Å²) in [6.07, 6.45) is 7.48. The molecule has 1 N–H and O–H groups in total. The first-order valence-corrected chi connectivity index (χ1v) is 13.6. The molecule has 0 saturated heterocycles. The molecule has 0 radical (unpaired) electrons. The highest BCUT2D eigenvalue weighted by Gasteiger charge is 2.61. The number of terminal acetylenes is 1. The zero-order chi connectivity index (χ0) is 25.7. The van der Waals surface area contributed by atoms with Gasteiger partial charge in [-0.2, -0.15) is 13.2 Å². The molecule has 196 valence electrons. The summed E-state index contributed by atoms with van der Waals surface area (Å²) in [5.74, 6) is 4.46. The number of hydrogen-bond acceptors (Lipinski definition) is 3. The Bertz CT molecular complexity index is 1000. The average molecular weight is 503 g/mol. The number of aliphatic hydroxyl groups is 1. The summed E-state index contributed by atoms with van der Waals surface area (Å²) in [6, 6.07) is 8.89. The zero-order valence-electron chi connectivity index (χ0n) is 21.0. The SMILES string of the molecule is C#C[C@H](C[C@H]1CC[C@H]2[C@@H]3CC[C@@H]4C[C@@](O)(C(F)(F)F)CC[C@@H]4[C@H]3CC[C@]12C)OC(=O)c1ccccc1. The molecule has 4 saturated carbocycles. The largest absolute Gasteiger partial charge is 0.446 e. The first kappa shape index (κ1) is 25.6. The van der Waals surface area contributed by atoms with Crippen LogP contribution in [0.4, 0.5) is 13.2 Å². The Morgan fingerprint density at radius 2 is 1.81 bits per heavy atom. The summed E-state index contributed by atoms with van der Waals surface area (Å²) in [5.41, 5.74) is -1.90. The van der Waals surface area contributed by atoms with E-state index in [0.29, 0.717) is 48.0 Å². The predicted molar refractivity (Wildman–Crippen MR) is 131 cm³/mol. The molecule has 3 nitrogen and oxygen atoms in total. The average Bonchev–Trinajstić information content (AvgIpc) is 3.19. The fraction of sp³-hybridized carbons (Fsp3) is 0.700. The van der Waals surface area contributed by atoms with Crippen LogP contribution in [0.2, 0.25) is 0 Å². The van der Waals surface area contributed by atoms with Crippen LogP contribution in [0.25, 0.3) is 0 Å². The van der Waals surface area contributed by atoms with Gasteiger partial charge in [0.15, 0.2) is 11.7 Å². The van der Waals surface area contributed by atoms with Crippen LogP contribution in [0, 0.1) is 53.3 Å². The van der Waals surface area contributed by atoms with E-state index in [0.717, 1.165) is 38.5 Å². The van der Waals surface area contributed by atoms with Crippen molar-refractivity contribution in [3.8, 4) is 12.3 Å². The molecule has 9 atom stereocenters. The Morgan fingerprint density at radius 1 is 1.08 bits per heavy atom. The van der Waals surface area contributed by atoms with Gasteiger partial charge in [0, 0.05) is 0 Å². The van der Waals surface area contributed by atoms with Gasteiger partial charge in [-0.25, -0.2) is 4.79 Å². The molecule has 36 heavy (non-hydrogen) atoms. The minimum atomic E-state index is -4.55. The number of esters is 1. The summed E-state index contributed by atoms with van der Waals surface area (Å²) in [7, 11) is 0. The third kappa shape index (κ3) is 4.36. The van der Waals surface area contributed by atoms with E-state index in [1.807, 2.05) is 6.07 Å². The second-order valence-corrected chi connectivity index (χ2v) is 12.2. The van der Waals surface area contributed by atoms with Gasteiger partial charge in [-0.1, -0.05) is 31.0 Å². The molecule has 6 heteroatoms. The van der Waals surface area contributed by atoms with Gasteiger partial charge < -0.3 is 9.84 Å². The summed E-state index contributed by atoms with van der Waals surface area (Å²) >= 11 is 0. The van der Waals surface area contributed by atoms with Gasteiger partial charge in [0.1, 0.15) is 0 Å². The van der Waals surface area contributed by atoms with Crippen molar-refractivity contribution in [1.29, 1.82) is 0 Å². The summed E-state index contributed by atoms with van der Waals surface area (Å²) in [6.45, 7) is 2.37. The Kier molecular flexibility index (Phi) is 6.69. The second kappa shape index (κ2) is 9.39. The van der Waals surface area contributed by atoms with Crippen molar-refractivity contribution in [2.75, 3.05) is 0 Å². The Balaban J connectivity index is 1.25. The van der Waals surface area contributed by atoms with E-state index in [1.54, 1.807) is 24.3 Å². The van der Waals surface area contributed by atoms with Crippen LogP contribution in [0.5, 0.6) is 0 Å². The molecular formula is C30H37F3O3. The molecule has 0 amide bonds. The number of alkyl halides is 3.